The van der Waals surface area contributed by atoms with Crippen LogP contribution in [0, 0.1) is 11.6 Å². The summed E-state index contributed by atoms with van der Waals surface area (Å²) >= 11 is 0. The van der Waals surface area contributed by atoms with E-state index in [0.717, 1.165) is 37.6 Å². The Hall–Kier alpha value is -4.24. The highest BCUT2D eigenvalue weighted by Gasteiger charge is 2.17. The Bertz CT molecular complexity index is 1460. The number of nitrogens with zero attached hydrogens (tertiary/aromatic N) is 4. The molecule has 0 unspecified atom stereocenters. The first-order valence-corrected chi connectivity index (χ1v) is 13.4. The number of likely N-dealkylation sites (N-methyl/N-ethyl adjacent to an activating group) is 1. The molecule has 5 rings (SSSR count). The second-order valence-corrected chi connectivity index (χ2v) is 9.98. The molecule has 1 aliphatic rings. The number of hydrogen-bond acceptors (Lipinski definition) is 5. The van der Waals surface area contributed by atoms with E-state index in [9.17, 15) is 13.6 Å². The normalized spacial score (nSPS) is 13.8. The molecule has 9 heteroatoms. The van der Waals surface area contributed by atoms with Crippen molar-refractivity contribution in [1.29, 1.82) is 0 Å². The summed E-state index contributed by atoms with van der Waals surface area (Å²) in [5, 5.41) is 7.53. The summed E-state index contributed by atoms with van der Waals surface area (Å²) in [6, 6.07) is 20.8. The van der Waals surface area contributed by atoms with Crippen molar-refractivity contribution >= 4 is 11.6 Å². The topological polar surface area (TPSA) is 62.6 Å². The highest BCUT2D eigenvalue weighted by molar-refractivity contribution is 5.76. The molecule has 0 bridgehead atoms. The number of anilines is 1. The van der Waals surface area contributed by atoms with Gasteiger partial charge in [0.1, 0.15) is 17.4 Å². The Kier molecular flexibility index (Phi) is 8.40. The Morgan fingerprint density at radius 1 is 0.950 bits per heavy atom. The number of methoxy groups -OCH3 is 1. The van der Waals surface area contributed by atoms with Crippen molar-refractivity contribution in [3.05, 3.63) is 95.7 Å². The van der Waals surface area contributed by atoms with E-state index < -0.39 is 0 Å². The maximum absolute atomic E-state index is 14.8. The molecule has 0 radical (unpaired) electrons. The van der Waals surface area contributed by atoms with Gasteiger partial charge in [0.15, 0.2) is 0 Å². The fraction of sp³-hybridized carbons (Fsp3) is 0.290. The van der Waals surface area contributed by atoms with E-state index in [-0.39, 0.29) is 30.5 Å². The van der Waals surface area contributed by atoms with Crippen LogP contribution in [0.4, 0.5) is 14.5 Å². The van der Waals surface area contributed by atoms with Crippen molar-refractivity contribution < 1.29 is 18.3 Å². The summed E-state index contributed by atoms with van der Waals surface area (Å²) in [6.07, 6.45) is 0.561. The van der Waals surface area contributed by atoms with Gasteiger partial charge in [0.25, 0.3) is 0 Å². The van der Waals surface area contributed by atoms with Gasteiger partial charge in [-0.05, 0) is 61.6 Å². The van der Waals surface area contributed by atoms with Gasteiger partial charge in [0, 0.05) is 62.4 Å². The summed E-state index contributed by atoms with van der Waals surface area (Å²) in [6.45, 7) is 3.73. The molecule has 2 heterocycles. The molecule has 3 aromatic carbocycles. The van der Waals surface area contributed by atoms with Crippen molar-refractivity contribution in [1.82, 2.24) is 20.0 Å². The molecule has 1 aliphatic heterocycles. The van der Waals surface area contributed by atoms with Crippen molar-refractivity contribution in [2.75, 3.05) is 45.2 Å². The molecular formula is C31H33F2N5O2. The van der Waals surface area contributed by atoms with Gasteiger partial charge in [0.05, 0.1) is 24.2 Å². The van der Waals surface area contributed by atoms with Crippen LogP contribution in [0.25, 0.3) is 16.9 Å². The minimum absolute atomic E-state index is 0.114. The molecule has 1 aromatic heterocycles. The Morgan fingerprint density at radius 3 is 2.40 bits per heavy atom. The number of halogens is 2. The van der Waals surface area contributed by atoms with Gasteiger partial charge in [-0.3, -0.25) is 4.79 Å². The van der Waals surface area contributed by atoms with Crippen LogP contribution in [0.3, 0.4) is 0 Å². The number of aryl methyl sites for hydroxylation is 1. The Balaban J connectivity index is 1.23. The Labute approximate surface area is 233 Å². The lowest BCUT2D eigenvalue weighted by Crippen LogP contribution is -2.44. The van der Waals surface area contributed by atoms with Crippen molar-refractivity contribution in [2.45, 2.75) is 19.4 Å². The van der Waals surface area contributed by atoms with Crippen molar-refractivity contribution in [3.63, 3.8) is 0 Å². The van der Waals surface area contributed by atoms with Crippen molar-refractivity contribution in [2.24, 2.45) is 0 Å². The predicted octanol–water partition coefficient (Wildman–Crippen LogP) is 4.83. The number of amides is 1. The number of ether oxygens (including phenoxy) is 1. The number of rotatable bonds is 9. The molecule has 0 saturated carbocycles. The number of piperazine rings is 1. The maximum atomic E-state index is 14.8. The molecule has 0 spiro atoms. The summed E-state index contributed by atoms with van der Waals surface area (Å²) in [4.78, 5) is 17.1. The lowest BCUT2D eigenvalue weighted by molar-refractivity contribution is -0.121. The monoisotopic (exact) mass is 545 g/mol. The zero-order chi connectivity index (χ0) is 28.1. The van der Waals surface area contributed by atoms with E-state index in [4.69, 9.17) is 9.84 Å². The van der Waals surface area contributed by atoms with Crippen LogP contribution in [0.5, 0.6) is 5.75 Å². The maximum Gasteiger partial charge on any atom is 0.220 e. The Morgan fingerprint density at radius 2 is 1.70 bits per heavy atom. The number of aromatic nitrogens is 2. The van der Waals surface area contributed by atoms with E-state index in [1.165, 1.54) is 12.1 Å². The van der Waals surface area contributed by atoms with E-state index in [1.807, 2.05) is 42.5 Å². The quantitative estimate of drug-likeness (QED) is 0.327. The zero-order valence-electron chi connectivity index (χ0n) is 22.7. The third-order valence-electron chi connectivity index (χ3n) is 7.19. The molecule has 4 aromatic rings. The fourth-order valence-corrected chi connectivity index (χ4v) is 4.79. The molecule has 0 atom stereocenters. The third kappa shape index (κ3) is 6.48. The van der Waals surface area contributed by atoms with Crippen LogP contribution in [0.2, 0.25) is 0 Å². The van der Waals surface area contributed by atoms with Gasteiger partial charge < -0.3 is 19.9 Å². The molecule has 208 valence electrons. The molecular weight excluding hydrogens is 512 g/mol. The lowest BCUT2D eigenvalue weighted by atomic mass is 10.1. The van der Waals surface area contributed by atoms with Gasteiger partial charge in [-0.25, -0.2) is 13.5 Å². The lowest BCUT2D eigenvalue weighted by Gasteiger charge is -2.34. The zero-order valence-corrected chi connectivity index (χ0v) is 22.7. The first kappa shape index (κ1) is 27.3. The molecule has 1 saturated heterocycles. The SMILES string of the molecule is COc1ccc(-n2nc(CCC(=O)NCc3ccc(N4CCN(C)CC4)cc3F)cc2-c2cccc(F)c2)cc1. The predicted molar refractivity (Wildman–Crippen MR) is 152 cm³/mol. The van der Waals surface area contributed by atoms with Crippen LogP contribution in [0.1, 0.15) is 17.7 Å². The number of carbonyl (C=O) groups excluding carboxylic acids is 1. The highest BCUT2D eigenvalue weighted by Crippen LogP contribution is 2.26. The van der Waals surface area contributed by atoms with Gasteiger partial charge in [-0.1, -0.05) is 18.2 Å². The molecule has 0 aliphatic carbocycles. The summed E-state index contributed by atoms with van der Waals surface area (Å²) in [7, 11) is 3.68. The molecule has 7 nitrogen and oxygen atoms in total. The molecule has 1 fully saturated rings. The number of benzene rings is 3. The third-order valence-corrected chi connectivity index (χ3v) is 7.19. The number of hydrogen-bond donors (Lipinski definition) is 1. The average Bonchev–Trinajstić information content (AvgIpc) is 3.40. The molecule has 40 heavy (non-hydrogen) atoms. The largest absolute Gasteiger partial charge is 0.497 e. The first-order chi connectivity index (χ1) is 19.4. The van der Waals surface area contributed by atoms with Crippen LogP contribution in [-0.4, -0.2) is 60.9 Å². The standard InChI is InChI=1S/C31H33F2N5O2/c1-36-14-16-37(17-15-36)27-8-6-23(29(33)20-27)21-34-31(39)13-7-25-19-30(22-4-3-5-24(32)18-22)38(35-25)26-9-11-28(40-2)12-10-26/h3-6,8-12,18-20H,7,13-17,21H2,1-2H3,(H,34,39). The van der Waals surface area contributed by atoms with E-state index in [1.54, 1.807) is 30.0 Å². The van der Waals surface area contributed by atoms with Gasteiger partial charge in [-0.2, -0.15) is 5.10 Å². The van der Waals surface area contributed by atoms with Crippen LogP contribution in [0.15, 0.2) is 72.8 Å². The van der Waals surface area contributed by atoms with Gasteiger partial charge >= 0.3 is 0 Å². The first-order valence-electron chi connectivity index (χ1n) is 13.4. The van der Waals surface area contributed by atoms with Crippen LogP contribution in [-0.2, 0) is 17.8 Å². The van der Waals surface area contributed by atoms with E-state index in [0.29, 0.717) is 34.7 Å². The van der Waals surface area contributed by atoms with Crippen molar-refractivity contribution in [3.8, 4) is 22.7 Å². The van der Waals surface area contributed by atoms with E-state index >= 15 is 0 Å². The molecule has 1 N–H and O–H groups in total. The number of carbonyl (C=O) groups is 1. The minimum atomic E-state index is -0.343. The van der Waals surface area contributed by atoms with Gasteiger partial charge in [0.2, 0.25) is 5.91 Å². The second-order valence-electron chi connectivity index (χ2n) is 9.98. The highest BCUT2D eigenvalue weighted by atomic mass is 19.1. The average molecular weight is 546 g/mol. The molecule has 1 amide bonds. The number of nitrogens with one attached hydrogen (secondary N) is 1. The van der Waals surface area contributed by atoms with Crippen LogP contribution < -0.4 is 15.0 Å². The minimum Gasteiger partial charge on any atom is -0.497 e. The van der Waals surface area contributed by atoms with Gasteiger partial charge in [-0.15, -0.1) is 0 Å². The summed E-state index contributed by atoms with van der Waals surface area (Å²) in [5.41, 5.74) is 4.17. The fourth-order valence-electron chi connectivity index (χ4n) is 4.79. The van der Waals surface area contributed by atoms with Crippen LogP contribution >= 0.6 is 0 Å². The second kappa shape index (κ2) is 12.3. The van der Waals surface area contributed by atoms with E-state index in [2.05, 4.69) is 22.2 Å². The summed E-state index contributed by atoms with van der Waals surface area (Å²) < 4.78 is 35.8. The summed E-state index contributed by atoms with van der Waals surface area (Å²) in [5.74, 6) is -0.154. The smallest absolute Gasteiger partial charge is 0.220 e.